The number of aromatic nitrogens is 2. The molecule has 0 N–H and O–H groups in total. The van der Waals surface area contributed by atoms with Crippen molar-refractivity contribution in [2.45, 2.75) is 19.5 Å². The second kappa shape index (κ2) is 5.73. The average Bonchev–Trinajstić information content (AvgIpc) is 2.87. The van der Waals surface area contributed by atoms with E-state index in [1.807, 2.05) is 6.92 Å². The zero-order chi connectivity index (χ0) is 13.9. The predicted octanol–water partition coefficient (Wildman–Crippen LogP) is 1.87. The zero-order valence-corrected chi connectivity index (χ0v) is 12.0. The van der Waals surface area contributed by atoms with E-state index in [4.69, 9.17) is 4.42 Å². The number of rotatable bonds is 3. The van der Waals surface area contributed by atoms with E-state index >= 15 is 0 Å². The minimum atomic E-state index is 0.425. The molecule has 1 aliphatic rings. The number of aryl methyl sites for hydroxylation is 1. The molecule has 106 valence electrons. The summed E-state index contributed by atoms with van der Waals surface area (Å²) in [6, 6.07) is 11.1. The molecule has 0 saturated carbocycles. The van der Waals surface area contributed by atoms with Gasteiger partial charge in [-0.2, -0.15) is 0 Å². The van der Waals surface area contributed by atoms with Gasteiger partial charge in [-0.3, -0.25) is 9.80 Å². The van der Waals surface area contributed by atoms with Gasteiger partial charge in [0.1, 0.15) is 0 Å². The van der Waals surface area contributed by atoms with Crippen LogP contribution >= 0.6 is 0 Å². The van der Waals surface area contributed by atoms with E-state index in [1.54, 1.807) is 0 Å². The van der Waals surface area contributed by atoms with Gasteiger partial charge in [-0.25, -0.2) is 0 Å². The lowest BCUT2D eigenvalue weighted by molar-refractivity contribution is 0.0840. The summed E-state index contributed by atoms with van der Waals surface area (Å²) in [5, 5.41) is 7.98. The van der Waals surface area contributed by atoms with Gasteiger partial charge < -0.3 is 4.42 Å². The molecular formula is C15H20N4O. The number of piperazine rings is 1. The summed E-state index contributed by atoms with van der Waals surface area (Å²) in [7, 11) is 2.19. The van der Waals surface area contributed by atoms with Gasteiger partial charge in [0.25, 0.3) is 0 Å². The largest absolute Gasteiger partial charge is 0.424 e. The van der Waals surface area contributed by atoms with Crippen LogP contribution in [0.4, 0.5) is 0 Å². The number of nitrogens with zero attached hydrogens (tertiary/aromatic N) is 4. The van der Waals surface area contributed by atoms with E-state index in [9.17, 15) is 0 Å². The highest BCUT2D eigenvalue weighted by Crippen LogP contribution is 2.24. The first-order valence-corrected chi connectivity index (χ1v) is 6.99. The molecule has 5 heteroatoms. The van der Waals surface area contributed by atoms with Crippen molar-refractivity contribution >= 4 is 0 Å². The van der Waals surface area contributed by atoms with Gasteiger partial charge in [-0.1, -0.05) is 30.3 Å². The fourth-order valence-corrected chi connectivity index (χ4v) is 2.70. The molecule has 0 radical (unpaired) electrons. The molecule has 2 heterocycles. The molecular weight excluding hydrogens is 252 g/mol. The normalized spacial score (nSPS) is 21.2. The number of hydrogen-bond acceptors (Lipinski definition) is 5. The molecule has 0 amide bonds. The molecule has 1 aromatic carbocycles. The lowest BCUT2D eigenvalue weighted by Gasteiger charge is -2.39. The van der Waals surface area contributed by atoms with Gasteiger partial charge in [0.2, 0.25) is 11.8 Å². The van der Waals surface area contributed by atoms with E-state index in [2.05, 4.69) is 57.4 Å². The third kappa shape index (κ3) is 2.89. The maximum Gasteiger partial charge on any atom is 0.230 e. The first kappa shape index (κ1) is 13.3. The van der Waals surface area contributed by atoms with Gasteiger partial charge in [0, 0.05) is 32.6 Å². The quantitative estimate of drug-likeness (QED) is 0.853. The van der Waals surface area contributed by atoms with Crippen molar-refractivity contribution in [3.05, 3.63) is 47.7 Å². The SMILES string of the molecule is Cc1nnc(CN2CCN(C)C(c3ccccc3)C2)o1. The fraction of sp³-hybridized carbons (Fsp3) is 0.467. The Morgan fingerprint density at radius 1 is 1.20 bits per heavy atom. The van der Waals surface area contributed by atoms with Crippen LogP contribution in [0.1, 0.15) is 23.4 Å². The summed E-state index contributed by atoms with van der Waals surface area (Å²) in [6.45, 7) is 5.63. The molecule has 2 aromatic rings. The smallest absolute Gasteiger partial charge is 0.230 e. The van der Waals surface area contributed by atoms with Gasteiger partial charge in [-0.15, -0.1) is 10.2 Å². The lowest BCUT2D eigenvalue weighted by atomic mass is 10.0. The van der Waals surface area contributed by atoms with Crippen LogP contribution in [-0.4, -0.2) is 46.7 Å². The van der Waals surface area contributed by atoms with Crippen LogP contribution in [-0.2, 0) is 6.54 Å². The van der Waals surface area contributed by atoms with Gasteiger partial charge >= 0.3 is 0 Å². The maximum absolute atomic E-state index is 5.48. The highest BCUT2D eigenvalue weighted by molar-refractivity contribution is 5.20. The summed E-state index contributed by atoms with van der Waals surface area (Å²) >= 11 is 0. The van der Waals surface area contributed by atoms with E-state index in [0.29, 0.717) is 17.8 Å². The molecule has 5 nitrogen and oxygen atoms in total. The molecule has 0 aliphatic carbocycles. The predicted molar refractivity (Wildman–Crippen MR) is 76.1 cm³/mol. The van der Waals surface area contributed by atoms with Gasteiger partial charge in [0.05, 0.1) is 6.54 Å². The molecule has 0 bridgehead atoms. The van der Waals surface area contributed by atoms with Crippen molar-refractivity contribution in [3.8, 4) is 0 Å². The van der Waals surface area contributed by atoms with Crippen LogP contribution in [0.3, 0.4) is 0 Å². The molecule has 1 atom stereocenters. The van der Waals surface area contributed by atoms with Crippen molar-refractivity contribution in [2.24, 2.45) is 0 Å². The summed E-state index contributed by atoms with van der Waals surface area (Å²) in [6.07, 6.45) is 0. The second-order valence-electron chi connectivity index (χ2n) is 5.36. The number of benzene rings is 1. The minimum Gasteiger partial charge on any atom is -0.424 e. The van der Waals surface area contributed by atoms with Gasteiger partial charge in [0.15, 0.2) is 0 Å². The Morgan fingerprint density at radius 3 is 2.70 bits per heavy atom. The molecule has 1 aromatic heterocycles. The van der Waals surface area contributed by atoms with Crippen LogP contribution in [0, 0.1) is 6.92 Å². The lowest BCUT2D eigenvalue weighted by Crippen LogP contribution is -2.46. The van der Waals surface area contributed by atoms with Crippen LogP contribution in [0.2, 0.25) is 0 Å². The third-order valence-electron chi connectivity index (χ3n) is 3.84. The Labute approximate surface area is 119 Å². The van der Waals surface area contributed by atoms with Crippen molar-refractivity contribution in [1.82, 2.24) is 20.0 Å². The van der Waals surface area contributed by atoms with Crippen molar-refractivity contribution in [3.63, 3.8) is 0 Å². The molecule has 20 heavy (non-hydrogen) atoms. The average molecular weight is 272 g/mol. The van der Waals surface area contributed by atoms with Crippen LogP contribution in [0.15, 0.2) is 34.7 Å². The Balaban J connectivity index is 1.70. The Morgan fingerprint density at radius 2 is 2.00 bits per heavy atom. The second-order valence-corrected chi connectivity index (χ2v) is 5.36. The summed E-state index contributed by atoms with van der Waals surface area (Å²) < 4.78 is 5.48. The first-order chi connectivity index (χ1) is 9.72. The topological polar surface area (TPSA) is 45.4 Å². The highest BCUT2D eigenvalue weighted by atomic mass is 16.4. The van der Waals surface area contributed by atoms with Crippen molar-refractivity contribution in [2.75, 3.05) is 26.7 Å². The standard InChI is InChI=1S/C15H20N4O/c1-12-16-17-15(20-12)11-19-9-8-18(2)14(10-19)13-6-4-3-5-7-13/h3-7,14H,8-11H2,1-2H3. The maximum atomic E-state index is 5.48. The van der Waals surface area contributed by atoms with E-state index in [1.165, 1.54) is 5.56 Å². The van der Waals surface area contributed by atoms with Crippen molar-refractivity contribution < 1.29 is 4.42 Å². The molecule has 1 saturated heterocycles. The number of likely N-dealkylation sites (N-methyl/N-ethyl adjacent to an activating group) is 1. The Bertz CT molecular complexity index is 554. The van der Waals surface area contributed by atoms with E-state index in [0.717, 1.165) is 26.2 Å². The molecule has 1 unspecified atom stereocenters. The zero-order valence-electron chi connectivity index (χ0n) is 12.0. The first-order valence-electron chi connectivity index (χ1n) is 6.99. The molecule has 1 aliphatic heterocycles. The van der Waals surface area contributed by atoms with Crippen LogP contribution in [0.25, 0.3) is 0 Å². The Kier molecular flexibility index (Phi) is 3.80. The minimum absolute atomic E-state index is 0.425. The number of hydrogen-bond donors (Lipinski definition) is 0. The van der Waals surface area contributed by atoms with Crippen molar-refractivity contribution in [1.29, 1.82) is 0 Å². The molecule has 1 fully saturated rings. The van der Waals surface area contributed by atoms with Gasteiger partial charge in [-0.05, 0) is 12.6 Å². The fourth-order valence-electron chi connectivity index (χ4n) is 2.70. The Hall–Kier alpha value is -1.72. The van der Waals surface area contributed by atoms with E-state index < -0.39 is 0 Å². The van der Waals surface area contributed by atoms with Crippen LogP contribution < -0.4 is 0 Å². The summed E-state index contributed by atoms with van der Waals surface area (Å²) in [5.74, 6) is 1.34. The van der Waals surface area contributed by atoms with Crippen LogP contribution in [0.5, 0.6) is 0 Å². The van der Waals surface area contributed by atoms with E-state index in [-0.39, 0.29) is 0 Å². The molecule has 0 spiro atoms. The monoisotopic (exact) mass is 272 g/mol. The third-order valence-corrected chi connectivity index (χ3v) is 3.84. The highest BCUT2D eigenvalue weighted by Gasteiger charge is 2.26. The summed E-state index contributed by atoms with van der Waals surface area (Å²) in [4.78, 5) is 4.79. The summed E-state index contributed by atoms with van der Waals surface area (Å²) in [5.41, 5.74) is 1.36. The molecule has 3 rings (SSSR count).